The van der Waals surface area contributed by atoms with Crippen molar-refractivity contribution in [1.29, 1.82) is 0 Å². The van der Waals surface area contributed by atoms with E-state index in [0.717, 1.165) is 5.56 Å². The number of piperidine rings is 1. The average molecular weight is 367 g/mol. The molecule has 2 rings (SSSR count). The van der Waals surface area contributed by atoms with Gasteiger partial charge in [-0.2, -0.15) is 4.31 Å². The third-order valence-electron chi connectivity index (χ3n) is 4.57. The number of sulfonamides is 1. The molecule has 0 saturated carbocycles. The number of benzene rings is 1. The first-order chi connectivity index (χ1) is 11.8. The summed E-state index contributed by atoms with van der Waals surface area (Å²) in [4.78, 5) is 25.5. The number of hydrogen-bond acceptors (Lipinski definition) is 4. The van der Waals surface area contributed by atoms with Crippen LogP contribution in [0.3, 0.4) is 0 Å². The van der Waals surface area contributed by atoms with Crippen LogP contribution >= 0.6 is 0 Å². The lowest BCUT2D eigenvalue weighted by Gasteiger charge is -2.32. The lowest BCUT2D eigenvalue weighted by molar-refractivity contribution is -0.135. The maximum Gasteiger partial charge on any atom is 0.243 e. The molecule has 1 aliphatic rings. The summed E-state index contributed by atoms with van der Waals surface area (Å²) in [5.41, 5.74) is 6.26. The zero-order valence-electron chi connectivity index (χ0n) is 14.6. The molecule has 25 heavy (non-hydrogen) atoms. The molecule has 0 unspecified atom stereocenters. The molecule has 1 aromatic rings. The standard InChI is InChI=1S/C17H25N3O4S/c1-3-20(25(23,24)15-6-4-13(2)5-7-15)12-16(21)19-10-8-14(9-11-19)17(18)22/h4-7,14H,3,8-12H2,1-2H3,(H2,18,22). The second-order valence-electron chi connectivity index (χ2n) is 6.30. The Morgan fingerprint density at radius 2 is 1.76 bits per heavy atom. The van der Waals surface area contributed by atoms with Crippen molar-refractivity contribution in [1.82, 2.24) is 9.21 Å². The Labute approximate surface area is 148 Å². The van der Waals surface area contributed by atoms with Gasteiger partial charge in [-0.05, 0) is 31.9 Å². The third kappa shape index (κ3) is 4.58. The highest BCUT2D eigenvalue weighted by atomic mass is 32.2. The monoisotopic (exact) mass is 367 g/mol. The van der Waals surface area contributed by atoms with Crippen LogP contribution in [0.2, 0.25) is 0 Å². The highest BCUT2D eigenvalue weighted by molar-refractivity contribution is 7.89. The van der Waals surface area contributed by atoms with Gasteiger partial charge >= 0.3 is 0 Å². The molecule has 0 aliphatic carbocycles. The van der Waals surface area contributed by atoms with Crippen molar-refractivity contribution >= 4 is 21.8 Å². The molecule has 138 valence electrons. The predicted octanol–water partition coefficient (Wildman–Crippen LogP) is 0.730. The summed E-state index contributed by atoms with van der Waals surface area (Å²) in [5, 5.41) is 0. The summed E-state index contributed by atoms with van der Waals surface area (Å²) in [7, 11) is -3.71. The van der Waals surface area contributed by atoms with Gasteiger partial charge < -0.3 is 10.6 Å². The van der Waals surface area contributed by atoms with Crippen LogP contribution in [-0.4, -0.2) is 55.6 Å². The molecule has 0 radical (unpaired) electrons. The molecule has 8 heteroatoms. The Morgan fingerprint density at radius 1 is 1.20 bits per heavy atom. The van der Waals surface area contributed by atoms with Crippen molar-refractivity contribution in [2.24, 2.45) is 11.7 Å². The number of carbonyl (C=O) groups excluding carboxylic acids is 2. The van der Waals surface area contributed by atoms with Gasteiger partial charge in [0.05, 0.1) is 11.4 Å². The predicted molar refractivity (Wildman–Crippen MR) is 94.1 cm³/mol. The molecule has 1 fully saturated rings. The fraction of sp³-hybridized carbons (Fsp3) is 0.529. The molecule has 7 nitrogen and oxygen atoms in total. The molecular weight excluding hydrogens is 342 g/mol. The summed E-state index contributed by atoms with van der Waals surface area (Å²) in [6.45, 7) is 4.45. The molecule has 1 aliphatic heterocycles. The number of nitrogens with two attached hydrogens (primary N) is 1. The molecule has 1 saturated heterocycles. The van der Waals surface area contributed by atoms with E-state index in [2.05, 4.69) is 0 Å². The van der Waals surface area contributed by atoms with Crippen molar-refractivity contribution in [3.05, 3.63) is 29.8 Å². The normalized spacial score (nSPS) is 16.2. The zero-order valence-corrected chi connectivity index (χ0v) is 15.5. The van der Waals surface area contributed by atoms with E-state index in [4.69, 9.17) is 5.73 Å². The van der Waals surface area contributed by atoms with E-state index < -0.39 is 10.0 Å². The second-order valence-corrected chi connectivity index (χ2v) is 8.24. The molecule has 1 aromatic carbocycles. The highest BCUT2D eigenvalue weighted by Crippen LogP contribution is 2.19. The van der Waals surface area contributed by atoms with Crippen LogP contribution in [-0.2, 0) is 19.6 Å². The summed E-state index contributed by atoms with van der Waals surface area (Å²) >= 11 is 0. The van der Waals surface area contributed by atoms with E-state index >= 15 is 0 Å². The lowest BCUT2D eigenvalue weighted by Crippen LogP contribution is -2.47. The summed E-state index contributed by atoms with van der Waals surface area (Å²) in [6.07, 6.45) is 1.05. The van der Waals surface area contributed by atoms with Crippen molar-refractivity contribution in [3.63, 3.8) is 0 Å². The molecule has 0 spiro atoms. The van der Waals surface area contributed by atoms with Crippen molar-refractivity contribution in [3.8, 4) is 0 Å². The fourth-order valence-corrected chi connectivity index (χ4v) is 4.29. The van der Waals surface area contributed by atoms with E-state index in [0.29, 0.717) is 25.9 Å². The topological polar surface area (TPSA) is 101 Å². The van der Waals surface area contributed by atoms with Crippen molar-refractivity contribution < 1.29 is 18.0 Å². The van der Waals surface area contributed by atoms with Crippen LogP contribution in [0.15, 0.2) is 29.2 Å². The molecule has 2 N–H and O–H groups in total. The van der Waals surface area contributed by atoms with Gasteiger partial charge in [0, 0.05) is 25.6 Å². The van der Waals surface area contributed by atoms with E-state index in [1.165, 1.54) is 4.31 Å². The Hall–Kier alpha value is -1.93. The Morgan fingerprint density at radius 3 is 2.24 bits per heavy atom. The first kappa shape index (κ1) is 19.4. The van der Waals surface area contributed by atoms with E-state index in [1.54, 1.807) is 36.1 Å². The first-order valence-corrected chi connectivity index (χ1v) is 9.83. The minimum absolute atomic E-state index is 0.181. The lowest BCUT2D eigenvalue weighted by atomic mass is 9.96. The number of likely N-dealkylation sites (tertiary alicyclic amines) is 1. The molecule has 1 heterocycles. The van der Waals surface area contributed by atoms with Crippen LogP contribution in [0.25, 0.3) is 0 Å². The molecule has 0 aromatic heterocycles. The van der Waals surface area contributed by atoms with Gasteiger partial charge in [-0.3, -0.25) is 9.59 Å². The third-order valence-corrected chi connectivity index (χ3v) is 6.51. The minimum atomic E-state index is -3.71. The SMILES string of the molecule is CCN(CC(=O)N1CCC(C(N)=O)CC1)S(=O)(=O)c1ccc(C)cc1. The average Bonchev–Trinajstić information content (AvgIpc) is 2.59. The van der Waals surface area contributed by atoms with Crippen LogP contribution in [0.1, 0.15) is 25.3 Å². The molecular formula is C17H25N3O4S. The van der Waals surface area contributed by atoms with Crippen molar-refractivity contribution in [2.45, 2.75) is 31.6 Å². The number of primary amides is 1. The Bertz CT molecular complexity index is 723. The Kier molecular flexibility index (Phi) is 6.18. The van der Waals surface area contributed by atoms with E-state index in [9.17, 15) is 18.0 Å². The molecule has 0 bridgehead atoms. The largest absolute Gasteiger partial charge is 0.369 e. The second kappa shape index (κ2) is 7.97. The van der Waals surface area contributed by atoms with Crippen LogP contribution in [0, 0.1) is 12.8 Å². The van der Waals surface area contributed by atoms with Gasteiger partial charge in [0.15, 0.2) is 0 Å². The van der Waals surface area contributed by atoms with Gasteiger partial charge in [0.2, 0.25) is 21.8 Å². The highest BCUT2D eigenvalue weighted by Gasteiger charge is 2.30. The van der Waals surface area contributed by atoms with Gasteiger partial charge in [-0.25, -0.2) is 8.42 Å². The van der Waals surface area contributed by atoms with Gasteiger partial charge in [0.25, 0.3) is 0 Å². The smallest absolute Gasteiger partial charge is 0.243 e. The minimum Gasteiger partial charge on any atom is -0.369 e. The number of likely N-dealkylation sites (N-methyl/N-ethyl adjacent to an activating group) is 1. The summed E-state index contributed by atoms with van der Waals surface area (Å²) < 4.78 is 26.6. The molecule has 0 atom stereocenters. The number of nitrogens with zero attached hydrogens (tertiary/aromatic N) is 2. The zero-order chi connectivity index (χ0) is 18.6. The number of rotatable bonds is 6. The van der Waals surface area contributed by atoms with Crippen LogP contribution < -0.4 is 5.73 Å². The summed E-state index contributed by atoms with van der Waals surface area (Å²) in [6, 6.07) is 6.57. The first-order valence-electron chi connectivity index (χ1n) is 8.39. The van der Waals surface area contributed by atoms with E-state index in [1.807, 2.05) is 6.92 Å². The fourth-order valence-electron chi connectivity index (χ4n) is 2.89. The van der Waals surface area contributed by atoms with Crippen molar-refractivity contribution in [2.75, 3.05) is 26.2 Å². The van der Waals surface area contributed by atoms with Crippen LogP contribution in [0.4, 0.5) is 0 Å². The van der Waals surface area contributed by atoms with Gasteiger partial charge in [-0.1, -0.05) is 24.6 Å². The number of hydrogen-bond donors (Lipinski definition) is 1. The quantitative estimate of drug-likeness (QED) is 0.801. The molecule has 2 amide bonds. The number of carbonyl (C=O) groups is 2. The van der Waals surface area contributed by atoms with Gasteiger partial charge in [0.1, 0.15) is 0 Å². The Balaban J connectivity index is 2.05. The summed E-state index contributed by atoms with van der Waals surface area (Å²) in [5.74, 6) is -0.799. The van der Waals surface area contributed by atoms with Crippen LogP contribution in [0.5, 0.6) is 0 Å². The maximum absolute atomic E-state index is 12.7. The number of aryl methyl sites for hydroxylation is 1. The maximum atomic E-state index is 12.7. The van der Waals surface area contributed by atoms with Gasteiger partial charge in [-0.15, -0.1) is 0 Å². The van der Waals surface area contributed by atoms with E-state index in [-0.39, 0.29) is 35.7 Å². The number of amides is 2.